The van der Waals surface area contributed by atoms with Gasteiger partial charge >= 0.3 is 0 Å². The topological polar surface area (TPSA) is 51.0 Å². The van der Waals surface area contributed by atoms with Crippen LogP contribution in [0.4, 0.5) is 5.69 Å². The van der Waals surface area contributed by atoms with Gasteiger partial charge in [-0.05, 0) is 48.9 Å². The normalized spacial score (nSPS) is 11.8. The van der Waals surface area contributed by atoms with Gasteiger partial charge in [-0.15, -0.1) is 10.2 Å². The summed E-state index contributed by atoms with van der Waals surface area (Å²) in [6, 6.07) is 27.3. The van der Waals surface area contributed by atoms with Crippen LogP contribution in [0.25, 0.3) is 5.69 Å². The van der Waals surface area contributed by atoms with Crippen LogP contribution in [-0.4, -0.2) is 33.0 Å². The van der Waals surface area contributed by atoms with E-state index >= 15 is 0 Å². The molecule has 7 heteroatoms. The zero-order valence-electron chi connectivity index (χ0n) is 17.9. The predicted molar refractivity (Wildman–Crippen MR) is 131 cm³/mol. The van der Waals surface area contributed by atoms with Gasteiger partial charge in [0, 0.05) is 29.9 Å². The fraction of sp³-hybridized carbons (Fsp3) is 0.160. The number of benzene rings is 3. The minimum Gasteiger partial charge on any atom is -0.315 e. The minimum atomic E-state index is -0.347. The Labute approximate surface area is 197 Å². The zero-order valence-corrected chi connectivity index (χ0v) is 19.4. The van der Waals surface area contributed by atoms with E-state index in [4.69, 9.17) is 11.6 Å². The van der Waals surface area contributed by atoms with Crippen LogP contribution < -0.4 is 4.90 Å². The van der Waals surface area contributed by atoms with Gasteiger partial charge in [0.2, 0.25) is 5.91 Å². The quantitative estimate of drug-likeness (QED) is 0.333. The first-order chi connectivity index (χ1) is 15.5. The van der Waals surface area contributed by atoms with E-state index in [1.165, 1.54) is 11.8 Å². The number of rotatable bonds is 7. The summed E-state index contributed by atoms with van der Waals surface area (Å²) in [6.07, 6.45) is 0.628. The van der Waals surface area contributed by atoms with E-state index in [1.54, 1.807) is 11.9 Å². The molecule has 1 atom stereocenters. The molecule has 1 aromatic heterocycles. The highest BCUT2D eigenvalue weighted by atomic mass is 35.5. The van der Waals surface area contributed by atoms with Gasteiger partial charge < -0.3 is 4.90 Å². The van der Waals surface area contributed by atoms with Gasteiger partial charge in [-0.2, -0.15) is 0 Å². The summed E-state index contributed by atoms with van der Waals surface area (Å²) in [7, 11) is 1.79. The van der Waals surface area contributed by atoms with E-state index < -0.39 is 0 Å². The number of thioether (sulfide) groups is 1. The maximum atomic E-state index is 13.1. The van der Waals surface area contributed by atoms with Crippen LogP contribution in [0.1, 0.15) is 18.3 Å². The number of carbonyl (C=O) groups excluding carboxylic acids is 1. The molecule has 4 rings (SSSR count). The molecule has 0 N–H and O–H groups in total. The molecule has 32 heavy (non-hydrogen) atoms. The average Bonchev–Trinajstić information content (AvgIpc) is 3.21. The van der Waals surface area contributed by atoms with Crippen molar-refractivity contribution in [2.45, 2.75) is 23.8 Å². The lowest BCUT2D eigenvalue weighted by Crippen LogP contribution is -2.33. The molecule has 1 unspecified atom stereocenters. The third kappa shape index (κ3) is 5.03. The molecule has 0 saturated carbocycles. The van der Waals surface area contributed by atoms with Crippen molar-refractivity contribution in [3.8, 4) is 5.69 Å². The smallest absolute Gasteiger partial charge is 0.240 e. The summed E-state index contributed by atoms with van der Waals surface area (Å²) in [5, 5.41) is 9.88. The van der Waals surface area contributed by atoms with Crippen molar-refractivity contribution in [3.63, 3.8) is 0 Å². The molecule has 0 bridgehead atoms. The third-order valence-corrected chi connectivity index (χ3v) is 6.38. The molecule has 0 aliphatic heterocycles. The molecular weight excluding hydrogens is 440 g/mol. The van der Waals surface area contributed by atoms with Crippen LogP contribution in [0.2, 0.25) is 5.02 Å². The third-order valence-electron chi connectivity index (χ3n) is 5.09. The second kappa shape index (κ2) is 10.0. The minimum absolute atomic E-state index is 0.00327. The lowest BCUT2D eigenvalue weighted by Gasteiger charge is -2.21. The highest BCUT2D eigenvalue weighted by Crippen LogP contribution is 2.29. The number of carbonyl (C=O) groups is 1. The van der Waals surface area contributed by atoms with Crippen LogP contribution in [0.15, 0.2) is 90.1 Å². The molecule has 0 saturated heterocycles. The Balaban J connectivity index is 1.63. The second-order valence-corrected chi connectivity index (χ2v) is 9.11. The Bertz CT molecular complexity index is 1180. The largest absolute Gasteiger partial charge is 0.315 e. The van der Waals surface area contributed by atoms with Crippen molar-refractivity contribution in [3.05, 3.63) is 101 Å². The number of anilines is 1. The van der Waals surface area contributed by atoms with Gasteiger partial charge in [-0.1, -0.05) is 71.9 Å². The van der Waals surface area contributed by atoms with E-state index in [-0.39, 0.29) is 11.2 Å². The van der Waals surface area contributed by atoms with Crippen LogP contribution >= 0.6 is 23.4 Å². The fourth-order valence-electron chi connectivity index (χ4n) is 3.38. The molecule has 0 spiro atoms. The Kier molecular flexibility index (Phi) is 6.93. The van der Waals surface area contributed by atoms with Crippen molar-refractivity contribution in [1.82, 2.24) is 14.8 Å². The van der Waals surface area contributed by atoms with Gasteiger partial charge in [0.25, 0.3) is 0 Å². The molecule has 1 amide bonds. The molecule has 3 aromatic carbocycles. The van der Waals surface area contributed by atoms with Gasteiger partial charge in [-0.3, -0.25) is 9.36 Å². The first-order valence-electron chi connectivity index (χ1n) is 10.3. The van der Waals surface area contributed by atoms with Crippen LogP contribution in [0, 0.1) is 0 Å². The standard InChI is InChI=1S/C25H23ClN4OS/c1-18(24(31)29(2)21-11-7-4-8-12-21)32-25-28-27-23(17-19-9-5-3-6-10-19)30(25)22-15-13-20(26)14-16-22/h3-16,18H,17H2,1-2H3. The van der Waals surface area contributed by atoms with E-state index in [1.807, 2.05) is 84.3 Å². The fourth-order valence-corrected chi connectivity index (χ4v) is 4.48. The Morgan fingerprint density at radius 3 is 2.25 bits per heavy atom. The predicted octanol–water partition coefficient (Wildman–Crippen LogP) is 5.66. The molecule has 0 radical (unpaired) electrons. The summed E-state index contributed by atoms with van der Waals surface area (Å²) in [5.41, 5.74) is 2.90. The molecule has 4 aromatic rings. The highest BCUT2D eigenvalue weighted by Gasteiger charge is 2.24. The van der Waals surface area contributed by atoms with E-state index in [2.05, 4.69) is 22.3 Å². The molecule has 1 heterocycles. The molecule has 5 nitrogen and oxygen atoms in total. The molecule has 0 aliphatic rings. The monoisotopic (exact) mass is 462 g/mol. The van der Waals surface area contributed by atoms with Crippen molar-refractivity contribution < 1.29 is 4.79 Å². The number of nitrogens with zero attached hydrogens (tertiary/aromatic N) is 4. The van der Waals surface area contributed by atoms with E-state index in [0.717, 1.165) is 22.8 Å². The van der Waals surface area contributed by atoms with E-state index in [0.29, 0.717) is 16.6 Å². The summed E-state index contributed by atoms with van der Waals surface area (Å²) < 4.78 is 2.00. The maximum absolute atomic E-state index is 13.1. The average molecular weight is 463 g/mol. The van der Waals surface area contributed by atoms with Gasteiger partial charge in [0.1, 0.15) is 5.82 Å². The first kappa shape index (κ1) is 22.1. The Hall–Kier alpha value is -3.09. The summed E-state index contributed by atoms with van der Waals surface area (Å²) in [5.74, 6) is 0.800. The maximum Gasteiger partial charge on any atom is 0.240 e. The molecule has 162 valence electrons. The van der Waals surface area contributed by atoms with E-state index in [9.17, 15) is 4.79 Å². The highest BCUT2D eigenvalue weighted by molar-refractivity contribution is 8.00. The molecular formula is C25H23ClN4OS. The Morgan fingerprint density at radius 2 is 1.59 bits per heavy atom. The molecule has 0 aliphatic carbocycles. The van der Waals surface area contributed by atoms with Crippen LogP contribution in [-0.2, 0) is 11.2 Å². The van der Waals surface area contributed by atoms with Gasteiger partial charge in [0.05, 0.1) is 5.25 Å². The van der Waals surface area contributed by atoms with Gasteiger partial charge in [-0.25, -0.2) is 0 Å². The number of hydrogen-bond donors (Lipinski definition) is 0. The van der Waals surface area contributed by atoms with Crippen molar-refractivity contribution in [1.29, 1.82) is 0 Å². The number of aromatic nitrogens is 3. The lowest BCUT2D eigenvalue weighted by atomic mass is 10.1. The number of amides is 1. The second-order valence-electron chi connectivity index (χ2n) is 7.37. The van der Waals surface area contributed by atoms with Gasteiger partial charge in [0.15, 0.2) is 5.16 Å². The van der Waals surface area contributed by atoms with Crippen molar-refractivity contribution >= 4 is 35.0 Å². The Morgan fingerprint density at radius 1 is 0.969 bits per heavy atom. The van der Waals surface area contributed by atoms with Crippen LogP contribution in [0.3, 0.4) is 0 Å². The summed E-state index contributed by atoms with van der Waals surface area (Å²) in [6.45, 7) is 1.89. The number of para-hydroxylation sites is 1. The molecule has 0 fully saturated rings. The lowest BCUT2D eigenvalue weighted by molar-refractivity contribution is -0.117. The van der Waals surface area contributed by atoms with Crippen LogP contribution in [0.5, 0.6) is 0 Å². The number of hydrogen-bond acceptors (Lipinski definition) is 4. The SMILES string of the molecule is CC(Sc1nnc(Cc2ccccc2)n1-c1ccc(Cl)cc1)C(=O)N(C)c1ccccc1. The van der Waals surface area contributed by atoms with Crippen molar-refractivity contribution in [2.24, 2.45) is 0 Å². The number of halogens is 1. The summed E-state index contributed by atoms with van der Waals surface area (Å²) in [4.78, 5) is 14.7. The first-order valence-corrected chi connectivity index (χ1v) is 11.5. The summed E-state index contributed by atoms with van der Waals surface area (Å²) >= 11 is 7.50. The zero-order chi connectivity index (χ0) is 22.5. The van der Waals surface area contributed by atoms with Crippen molar-refractivity contribution in [2.75, 3.05) is 11.9 Å².